The number of rotatable bonds is 7. The molecule has 0 unspecified atom stereocenters. The molecule has 1 aliphatic heterocycles. The predicted octanol–water partition coefficient (Wildman–Crippen LogP) is 1.82. The van der Waals surface area contributed by atoms with E-state index in [0.29, 0.717) is 17.2 Å². The van der Waals surface area contributed by atoms with Gasteiger partial charge in [-0.2, -0.15) is 0 Å². The first kappa shape index (κ1) is 19.6. The Morgan fingerprint density at radius 2 is 1.67 bits per heavy atom. The van der Waals surface area contributed by atoms with Crippen molar-refractivity contribution in [2.24, 2.45) is 10.9 Å². The van der Waals surface area contributed by atoms with E-state index < -0.39 is 0 Å². The maximum atomic E-state index is 5.47. The van der Waals surface area contributed by atoms with Gasteiger partial charge in [-0.3, -0.25) is 9.89 Å². The Balaban J connectivity index is 1.57. The monoisotopic (exact) mass is 376 g/mol. The Morgan fingerprint density at radius 1 is 1.04 bits per heavy atom. The van der Waals surface area contributed by atoms with Gasteiger partial charge in [0.05, 0.1) is 21.3 Å². The molecule has 27 heavy (non-hydrogen) atoms. The van der Waals surface area contributed by atoms with Crippen LogP contribution in [0.1, 0.15) is 18.4 Å². The second kappa shape index (κ2) is 9.17. The van der Waals surface area contributed by atoms with Crippen molar-refractivity contribution in [1.29, 1.82) is 0 Å². The van der Waals surface area contributed by atoms with Crippen molar-refractivity contribution in [1.82, 2.24) is 15.1 Å². The van der Waals surface area contributed by atoms with E-state index in [1.165, 1.54) is 12.8 Å². The molecule has 1 saturated heterocycles. The van der Waals surface area contributed by atoms with Crippen LogP contribution in [0.3, 0.4) is 0 Å². The summed E-state index contributed by atoms with van der Waals surface area (Å²) in [6.45, 7) is 5.88. The van der Waals surface area contributed by atoms with Gasteiger partial charge in [0.2, 0.25) is 5.75 Å². The summed E-state index contributed by atoms with van der Waals surface area (Å²) < 4.78 is 16.3. The second-order valence-electron chi connectivity index (χ2n) is 7.17. The number of nitrogens with zero attached hydrogens (tertiary/aromatic N) is 3. The number of nitrogens with one attached hydrogen (secondary N) is 1. The van der Waals surface area contributed by atoms with Crippen molar-refractivity contribution in [3.05, 3.63) is 17.7 Å². The van der Waals surface area contributed by atoms with Gasteiger partial charge < -0.3 is 24.4 Å². The van der Waals surface area contributed by atoms with Crippen LogP contribution in [0.15, 0.2) is 17.1 Å². The normalized spacial score (nSPS) is 18.4. The van der Waals surface area contributed by atoms with Gasteiger partial charge in [0.1, 0.15) is 0 Å². The van der Waals surface area contributed by atoms with E-state index in [1.807, 2.05) is 19.2 Å². The van der Waals surface area contributed by atoms with Gasteiger partial charge in [-0.1, -0.05) is 0 Å². The number of ether oxygens (including phenoxy) is 3. The Bertz CT molecular complexity index is 628. The maximum absolute atomic E-state index is 5.47. The standard InChI is InChI=1S/C20H32N4O3/c1-21-20(22-13-15-5-6-15)24-9-7-23(8-10-24)14-16-11-17(25-2)19(27-4)18(12-16)26-3/h11-12,15H,5-10,13-14H2,1-4H3,(H,21,22). The summed E-state index contributed by atoms with van der Waals surface area (Å²) in [6.07, 6.45) is 2.71. The average Bonchev–Trinajstić information content (AvgIpc) is 3.53. The number of methoxy groups -OCH3 is 3. The minimum Gasteiger partial charge on any atom is -0.493 e. The maximum Gasteiger partial charge on any atom is 0.203 e. The van der Waals surface area contributed by atoms with Gasteiger partial charge in [-0.25, -0.2) is 0 Å². The summed E-state index contributed by atoms with van der Waals surface area (Å²) in [5.74, 6) is 3.93. The Morgan fingerprint density at radius 3 is 2.15 bits per heavy atom. The lowest BCUT2D eigenvalue weighted by Gasteiger charge is -2.36. The van der Waals surface area contributed by atoms with E-state index in [2.05, 4.69) is 20.1 Å². The number of piperazine rings is 1. The summed E-state index contributed by atoms with van der Waals surface area (Å²) in [6, 6.07) is 4.06. The molecule has 7 heteroatoms. The van der Waals surface area contributed by atoms with Crippen LogP contribution in [0.25, 0.3) is 0 Å². The molecule has 1 aromatic rings. The molecular formula is C20H32N4O3. The molecule has 150 valence electrons. The number of hydrogen-bond acceptors (Lipinski definition) is 5. The van der Waals surface area contributed by atoms with Gasteiger partial charge in [0.15, 0.2) is 17.5 Å². The van der Waals surface area contributed by atoms with Crippen molar-refractivity contribution >= 4 is 5.96 Å². The SMILES string of the molecule is CN=C(NCC1CC1)N1CCN(Cc2cc(OC)c(OC)c(OC)c2)CC1. The highest BCUT2D eigenvalue weighted by atomic mass is 16.5. The molecule has 3 rings (SSSR count). The second-order valence-corrected chi connectivity index (χ2v) is 7.17. The Labute approximate surface area is 162 Å². The first-order valence-corrected chi connectivity index (χ1v) is 9.65. The first-order chi connectivity index (χ1) is 13.2. The van der Waals surface area contributed by atoms with Gasteiger partial charge in [0, 0.05) is 46.3 Å². The quantitative estimate of drug-likeness (QED) is 0.579. The molecule has 0 bridgehead atoms. The highest BCUT2D eigenvalue weighted by Gasteiger charge is 2.24. The zero-order valence-electron chi connectivity index (χ0n) is 17.0. The van der Waals surface area contributed by atoms with Gasteiger partial charge in [-0.05, 0) is 36.5 Å². The van der Waals surface area contributed by atoms with Gasteiger partial charge >= 0.3 is 0 Å². The van der Waals surface area contributed by atoms with Crippen molar-refractivity contribution in [2.75, 3.05) is 61.1 Å². The molecule has 0 aromatic heterocycles. The molecule has 0 atom stereocenters. The summed E-state index contributed by atoms with van der Waals surface area (Å²) in [4.78, 5) is 9.26. The zero-order valence-corrected chi connectivity index (χ0v) is 17.0. The lowest BCUT2D eigenvalue weighted by Crippen LogP contribution is -2.52. The fourth-order valence-corrected chi connectivity index (χ4v) is 3.49. The van der Waals surface area contributed by atoms with E-state index in [-0.39, 0.29) is 0 Å². The topological polar surface area (TPSA) is 58.6 Å². The number of hydrogen-bond donors (Lipinski definition) is 1. The first-order valence-electron chi connectivity index (χ1n) is 9.65. The van der Waals surface area contributed by atoms with Crippen LogP contribution in [0.4, 0.5) is 0 Å². The van der Waals surface area contributed by atoms with Crippen LogP contribution in [-0.4, -0.2) is 76.9 Å². The van der Waals surface area contributed by atoms with Crippen molar-refractivity contribution in [2.45, 2.75) is 19.4 Å². The van der Waals surface area contributed by atoms with Crippen molar-refractivity contribution in [3.8, 4) is 17.2 Å². The highest BCUT2D eigenvalue weighted by Crippen LogP contribution is 2.38. The third kappa shape index (κ3) is 4.97. The molecule has 0 spiro atoms. The third-order valence-electron chi connectivity index (χ3n) is 5.26. The smallest absolute Gasteiger partial charge is 0.203 e. The fraction of sp³-hybridized carbons (Fsp3) is 0.650. The predicted molar refractivity (Wildman–Crippen MR) is 107 cm³/mol. The minimum absolute atomic E-state index is 0.638. The minimum atomic E-state index is 0.638. The van der Waals surface area contributed by atoms with Crippen LogP contribution in [0.5, 0.6) is 17.2 Å². The molecule has 7 nitrogen and oxygen atoms in total. The number of benzene rings is 1. The summed E-state index contributed by atoms with van der Waals surface area (Å²) in [5.41, 5.74) is 1.16. The van der Waals surface area contributed by atoms with Crippen LogP contribution in [-0.2, 0) is 6.54 Å². The van der Waals surface area contributed by atoms with Gasteiger partial charge in [0.25, 0.3) is 0 Å². The molecule has 1 aliphatic carbocycles. The summed E-state index contributed by atoms with van der Waals surface area (Å²) >= 11 is 0. The van der Waals surface area contributed by atoms with Crippen molar-refractivity contribution < 1.29 is 14.2 Å². The van der Waals surface area contributed by atoms with E-state index in [4.69, 9.17) is 14.2 Å². The Kier molecular flexibility index (Phi) is 6.66. The molecular weight excluding hydrogens is 344 g/mol. The summed E-state index contributed by atoms with van der Waals surface area (Å²) in [5, 5.41) is 3.52. The van der Waals surface area contributed by atoms with E-state index in [0.717, 1.165) is 56.7 Å². The molecule has 1 saturated carbocycles. The van der Waals surface area contributed by atoms with E-state index in [1.54, 1.807) is 21.3 Å². The molecule has 2 fully saturated rings. The van der Waals surface area contributed by atoms with Crippen LogP contribution >= 0.6 is 0 Å². The molecule has 0 amide bonds. The largest absolute Gasteiger partial charge is 0.493 e. The van der Waals surface area contributed by atoms with E-state index in [9.17, 15) is 0 Å². The van der Waals surface area contributed by atoms with Crippen LogP contribution < -0.4 is 19.5 Å². The van der Waals surface area contributed by atoms with Gasteiger partial charge in [-0.15, -0.1) is 0 Å². The summed E-state index contributed by atoms with van der Waals surface area (Å²) in [7, 11) is 6.81. The third-order valence-corrected chi connectivity index (χ3v) is 5.26. The lowest BCUT2D eigenvalue weighted by molar-refractivity contribution is 0.172. The van der Waals surface area contributed by atoms with E-state index >= 15 is 0 Å². The molecule has 1 aromatic carbocycles. The molecule has 1 heterocycles. The zero-order chi connectivity index (χ0) is 19.2. The van der Waals surface area contributed by atoms with Crippen LogP contribution in [0.2, 0.25) is 0 Å². The van der Waals surface area contributed by atoms with Crippen LogP contribution in [0, 0.1) is 5.92 Å². The molecule has 2 aliphatic rings. The lowest BCUT2D eigenvalue weighted by atomic mass is 10.1. The average molecular weight is 377 g/mol. The highest BCUT2D eigenvalue weighted by molar-refractivity contribution is 5.80. The molecule has 0 radical (unpaired) electrons. The number of aliphatic imine (C=N–C) groups is 1. The van der Waals surface area contributed by atoms with Crippen molar-refractivity contribution in [3.63, 3.8) is 0 Å². The Hall–Kier alpha value is -2.15. The fourth-order valence-electron chi connectivity index (χ4n) is 3.49. The number of guanidine groups is 1. The molecule has 1 N–H and O–H groups in total.